The van der Waals surface area contributed by atoms with Crippen LogP contribution in [-0.2, 0) is 11.0 Å². The van der Waals surface area contributed by atoms with Gasteiger partial charge in [0.15, 0.2) is 0 Å². The molecule has 0 aliphatic rings. The smallest absolute Gasteiger partial charge is 0.416 e. The molecule has 2 nitrogen and oxygen atoms in total. The lowest BCUT2D eigenvalue weighted by molar-refractivity contribution is -0.137. The third kappa shape index (κ3) is 3.27. The molecule has 17 heavy (non-hydrogen) atoms. The first-order valence-corrected chi connectivity index (χ1v) is 4.19. The quantitative estimate of drug-likeness (QED) is 0.648. The highest BCUT2D eigenvalue weighted by Gasteiger charge is 2.31. The Morgan fingerprint density at radius 3 is 2.35 bits per heavy atom. The number of rotatable bonds is 2. The highest BCUT2D eigenvalue weighted by Crippen LogP contribution is 2.30. The summed E-state index contributed by atoms with van der Waals surface area (Å²) in [5.74, 6) is -4.88. The van der Waals surface area contributed by atoms with Gasteiger partial charge in [0.2, 0.25) is 5.83 Å². The zero-order valence-corrected chi connectivity index (χ0v) is 8.05. The van der Waals surface area contributed by atoms with E-state index in [9.17, 15) is 26.7 Å². The lowest BCUT2D eigenvalue weighted by Gasteiger charge is -2.07. The van der Waals surface area contributed by atoms with Gasteiger partial charge in [0, 0.05) is 5.56 Å². The molecule has 1 N–H and O–H groups in total. The molecule has 0 heterocycles. The molecule has 0 bridgehead atoms. The SMILES string of the molecule is O=C(O)C(F)=Cc1cc(C(F)(F)F)ccc1F. The van der Waals surface area contributed by atoms with Crippen molar-refractivity contribution in [2.24, 2.45) is 0 Å². The van der Waals surface area contributed by atoms with Crippen LogP contribution >= 0.6 is 0 Å². The van der Waals surface area contributed by atoms with Crippen molar-refractivity contribution in [3.63, 3.8) is 0 Å². The van der Waals surface area contributed by atoms with Crippen LogP contribution in [0.5, 0.6) is 0 Å². The minimum absolute atomic E-state index is 0.187. The molecule has 0 aliphatic carbocycles. The maximum absolute atomic E-state index is 13.0. The van der Waals surface area contributed by atoms with E-state index in [0.717, 1.165) is 0 Å². The number of hydrogen-bond acceptors (Lipinski definition) is 1. The fourth-order valence-corrected chi connectivity index (χ4v) is 1.03. The van der Waals surface area contributed by atoms with Gasteiger partial charge < -0.3 is 5.11 Å². The summed E-state index contributed by atoms with van der Waals surface area (Å²) in [7, 11) is 0. The van der Waals surface area contributed by atoms with E-state index in [4.69, 9.17) is 5.11 Å². The van der Waals surface area contributed by atoms with Crippen LogP contribution in [0.3, 0.4) is 0 Å². The summed E-state index contributed by atoms with van der Waals surface area (Å²) in [6, 6.07) is 1.30. The van der Waals surface area contributed by atoms with Crippen LogP contribution in [0.4, 0.5) is 22.0 Å². The van der Waals surface area contributed by atoms with E-state index in [2.05, 4.69) is 0 Å². The zero-order valence-electron chi connectivity index (χ0n) is 8.05. The van der Waals surface area contributed by atoms with E-state index in [0.29, 0.717) is 18.2 Å². The standard InChI is InChI=1S/C10H5F5O2/c11-7-2-1-6(10(13,14)15)3-5(7)4-8(12)9(16)17/h1-4H,(H,16,17). The lowest BCUT2D eigenvalue weighted by Crippen LogP contribution is -2.05. The Morgan fingerprint density at radius 2 is 1.88 bits per heavy atom. The normalized spacial score (nSPS) is 12.6. The first kappa shape index (κ1) is 13.1. The number of carboxylic acid groups (broad SMARTS) is 1. The molecule has 92 valence electrons. The highest BCUT2D eigenvalue weighted by molar-refractivity contribution is 5.89. The predicted octanol–water partition coefficient (Wildman–Crippen LogP) is 3.24. The van der Waals surface area contributed by atoms with Gasteiger partial charge in [0.1, 0.15) is 5.82 Å². The molecular weight excluding hydrogens is 247 g/mol. The average molecular weight is 252 g/mol. The van der Waals surface area contributed by atoms with E-state index in [-0.39, 0.29) is 6.08 Å². The zero-order chi connectivity index (χ0) is 13.2. The van der Waals surface area contributed by atoms with Gasteiger partial charge in [-0.2, -0.15) is 17.6 Å². The van der Waals surface area contributed by atoms with Crippen molar-refractivity contribution in [2.75, 3.05) is 0 Å². The van der Waals surface area contributed by atoms with Crippen LogP contribution in [0.2, 0.25) is 0 Å². The second-order valence-corrected chi connectivity index (χ2v) is 3.03. The van der Waals surface area contributed by atoms with Crippen LogP contribution in [0.15, 0.2) is 24.0 Å². The van der Waals surface area contributed by atoms with Crippen LogP contribution in [0, 0.1) is 5.82 Å². The van der Waals surface area contributed by atoms with Crippen LogP contribution in [0.1, 0.15) is 11.1 Å². The molecule has 0 aromatic heterocycles. The van der Waals surface area contributed by atoms with Gasteiger partial charge in [-0.05, 0) is 24.3 Å². The highest BCUT2D eigenvalue weighted by atomic mass is 19.4. The third-order valence-electron chi connectivity index (χ3n) is 1.81. The summed E-state index contributed by atoms with van der Waals surface area (Å²) in [5.41, 5.74) is -1.97. The fourth-order valence-electron chi connectivity index (χ4n) is 1.03. The van der Waals surface area contributed by atoms with E-state index in [1.54, 1.807) is 0 Å². The van der Waals surface area contributed by atoms with Gasteiger partial charge in [0.05, 0.1) is 5.56 Å². The number of hydrogen-bond donors (Lipinski definition) is 1. The molecule has 7 heteroatoms. The van der Waals surface area contributed by atoms with E-state index >= 15 is 0 Å². The van der Waals surface area contributed by atoms with Gasteiger partial charge in [-0.25, -0.2) is 9.18 Å². The van der Waals surface area contributed by atoms with E-state index in [1.165, 1.54) is 0 Å². The van der Waals surface area contributed by atoms with Crippen LogP contribution < -0.4 is 0 Å². The van der Waals surface area contributed by atoms with Crippen LogP contribution in [-0.4, -0.2) is 11.1 Å². The van der Waals surface area contributed by atoms with Gasteiger partial charge in [0.25, 0.3) is 0 Å². The van der Waals surface area contributed by atoms with Crippen molar-refractivity contribution in [1.29, 1.82) is 0 Å². The maximum atomic E-state index is 13.0. The molecule has 1 aromatic rings. The molecule has 1 aromatic carbocycles. The third-order valence-corrected chi connectivity index (χ3v) is 1.81. The fraction of sp³-hybridized carbons (Fsp3) is 0.100. The van der Waals surface area contributed by atoms with Crippen molar-refractivity contribution in [3.05, 3.63) is 41.0 Å². The van der Waals surface area contributed by atoms with Gasteiger partial charge in [-0.3, -0.25) is 0 Å². The van der Waals surface area contributed by atoms with Crippen molar-refractivity contribution in [1.82, 2.24) is 0 Å². The summed E-state index contributed by atoms with van der Waals surface area (Å²) < 4.78 is 62.4. The number of benzene rings is 1. The largest absolute Gasteiger partial charge is 0.476 e. The summed E-state index contributed by atoms with van der Waals surface area (Å²) >= 11 is 0. The summed E-state index contributed by atoms with van der Waals surface area (Å²) in [5, 5.41) is 8.18. The molecule has 0 aliphatic heterocycles. The second-order valence-electron chi connectivity index (χ2n) is 3.03. The first-order chi connectivity index (χ1) is 7.71. The van der Waals surface area contributed by atoms with Crippen molar-refractivity contribution >= 4 is 12.0 Å². The summed E-state index contributed by atoms with van der Waals surface area (Å²) in [4.78, 5) is 10.1. The van der Waals surface area contributed by atoms with Crippen LogP contribution in [0.25, 0.3) is 6.08 Å². The molecule has 0 unspecified atom stereocenters. The van der Waals surface area contributed by atoms with E-state index < -0.39 is 34.9 Å². The molecule has 0 radical (unpaired) electrons. The molecule has 0 saturated heterocycles. The molecule has 0 fully saturated rings. The molecule has 0 spiro atoms. The monoisotopic (exact) mass is 252 g/mol. The lowest BCUT2D eigenvalue weighted by atomic mass is 10.1. The molecule has 0 saturated carbocycles. The second kappa shape index (κ2) is 4.52. The molecule has 0 amide bonds. The number of halogens is 5. The molecular formula is C10H5F5O2. The Labute approximate surface area is 92.0 Å². The Morgan fingerprint density at radius 1 is 1.29 bits per heavy atom. The minimum atomic E-state index is -4.71. The summed E-state index contributed by atoms with van der Waals surface area (Å²) in [6.07, 6.45) is -4.52. The number of alkyl halides is 3. The Hall–Kier alpha value is -1.92. The average Bonchev–Trinajstić information content (AvgIpc) is 2.19. The Kier molecular flexibility index (Phi) is 3.50. The summed E-state index contributed by atoms with van der Waals surface area (Å²) in [6.45, 7) is 0. The number of carbonyl (C=O) groups is 1. The molecule has 0 atom stereocenters. The predicted molar refractivity (Wildman–Crippen MR) is 48.1 cm³/mol. The Bertz CT molecular complexity index is 476. The molecule has 1 rings (SSSR count). The number of carboxylic acids is 1. The van der Waals surface area contributed by atoms with E-state index in [1.807, 2.05) is 0 Å². The van der Waals surface area contributed by atoms with Gasteiger partial charge in [-0.15, -0.1) is 0 Å². The minimum Gasteiger partial charge on any atom is -0.476 e. The number of aliphatic carboxylic acids is 1. The first-order valence-electron chi connectivity index (χ1n) is 4.19. The van der Waals surface area contributed by atoms with Gasteiger partial charge in [-0.1, -0.05) is 0 Å². The maximum Gasteiger partial charge on any atom is 0.416 e. The van der Waals surface area contributed by atoms with Gasteiger partial charge >= 0.3 is 12.1 Å². The topological polar surface area (TPSA) is 37.3 Å². The van der Waals surface area contributed by atoms with Crippen molar-refractivity contribution in [2.45, 2.75) is 6.18 Å². The van der Waals surface area contributed by atoms with Crippen molar-refractivity contribution < 1.29 is 31.9 Å². The van der Waals surface area contributed by atoms with Crippen molar-refractivity contribution in [3.8, 4) is 0 Å². The Balaban J connectivity index is 3.25.